The van der Waals surface area contributed by atoms with Crippen molar-refractivity contribution in [3.63, 3.8) is 0 Å². The predicted molar refractivity (Wildman–Crippen MR) is 62.5 cm³/mol. The minimum atomic E-state index is -0.235. The first kappa shape index (κ1) is 10.4. The van der Waals surface area contributed by atoms with Crippen LogP contribution in [0.15, 0.2) is 18.2 Å². The first-order chi connectivity index (χ1) is 8.01. The smallest absolute Gasteiger partial charge is 0.311 e. The van der Waals surface area contributed by atoms with Gasteiger partial charge in [0.1, 0.15) is 5.75 Å². The van der Waals surface area contributed by atoms with Crippen LogP contribution in [-0.4, -0.2) is 18.2 Å². The fraction of sp³-hybridized carbons (Fsp3) is 0.462. The molecule has 1 aromatic carbocycles. The fourth-order valence-corrected chi connectivity index (χ4v) is 3.41. The SMILES string of the molecule is COC(=O)C12CC(c3ccc(O)c(N)c3)(C1)C2. The van der Waals surface area contributed by atoms with E-state index in [2.05, 4.69) is 0 Å². The molecule has 0 radical (unpaired) electrons. The molecule has 3 fully saturated rings. The lowest BCUT2D eigenvalue weighted by molar-refractivity contribution is -0.198. The molecule has 0 heterocycles. The topological polar surface area (TPSA) is 72.5 Å². The first-order valence-corrected chi connectivity index (χ1v) is 5.69. The molecule has 4 rings (SSSR count). The molecule has 1 aromatic rings. The molecule has 0 unspecified atom stereocenters. The fourth-order valence-electron chi connectivity index (χ4n) is 3.41. The molecule has 90 valence electrons. The summed E-state index contributed by atoms with van der Waals surface area (Å²) in [5, 5.41) is 9.39. The summed E-state index contributed by atoms with van der Waals surface area (Å²) >= 11 is 0. The summed E-state index contributed by atoms with van der Waals surface area (Å²) in [4.78, 5) is 11.6. The van der Waals surface area contributed by atoms with E-state index in [1.165, 1.54) is 7.11 Å². The lowest BCUT2D eigenvalue weighted by Crippen LogP contribution is -2.68. The van der Waals surface area contributed by atoms with Crippen molar-refractivity contribution in [3.8, 4) is 5.75 Å². The molecule has 0 aromatic heterocycles. The van der Waals surface area contributed by atoms with Crippen molar-refractivity contribution in [1.82, 2.24) is 0 Å². The zero-order chi connectivity index (χ0) is 12.3. The predicted octanol–water partition coefficient (Wildman–Crippen LogP) is 1.57. The second kappa shape index (κ2) is 2.94. The van der Waals surface area contributed by atoms with Gasteiger partial charge in [-0.25, -0.2) is 0 Å². The van der Waals surface area contributed by atoms with Crippen LogP contribution in [0.4, 0.5) is 5.69 Å². The Balaban J connectivity index is 1.82. The Hall–Kier alpha value is -1.71. The molecule has 0 saturated heterocycles. The Morgan fingerprint density at radius 1 is 1.41 bits per heavy atom. The average molecular weight is 233 g/mol. The Kier molecular flexibility index (Phi) is 1.81. The standard InChI is InChI=1S/C13H15NO3/c1-17-11(16)13-5-12(6-13,7-13)8-2-3-10(15)9(14)4-8/h2-4,15H,5-7,14H2,1H3. The molecule has 2 bridgehead atoms. The van der Waals surface area contributed by atoms with E-state index in [-0.39, 0.29) is 22.5 Å². The van der Waals surface area contributed by atoms with Crippen LogP contribution in [0.2, 0.25) is 0 Å². The van der Waals surface area contributed by atoms with Gasteiger partial charge >= 0.3 is 5.97 Å². The number of hydrogen-bond donors (Lipinski definition) is 2. The maximum absolute atomic E-state index is 11.6. The maximum Gasteiger partial charge on any atom is 0.311 e. The van der Waals surface area contributed by atoms with Crippen LogP contribution in [0.5, 0.6) is 5.75 Å². The molecule has 0 aliphatic heterocycles. The van der Waals surface area contributed by atoms with Gasteiger partial charge in [-0.3, -0.25) is 4.79 Å². The van der Waals surface area contributed by atoms with E-state index in [4.69, 9.17) is 10.5 Å². The molecule has 3 N–H and O–H groups in total. The van der Waals surface area contributed by atoms with Gasteiger partial charge in [0.05, 0.1) is 18.2 Å². The quantitative estimate of drug-likeness (QED) is 0.462. The monoisotopic (exact) mass is 233 g/mol. The average Bonchev–Trinajstić information content (AvgIpc) is 2.19. The first-order valence-electron chi connectivity index (χ1n) is 5.69. The molecular weight excluding hydrogens is 218 g/mol. The third kappa shape index (κ3) is 1.15. The van der Waals surface area contributed by atoms with Gasteiger partial charge in [0.15, 0.2) is 0 Å². The summed E-state index contributed by atoms with van der Waals surface area (Å²) in [6, 6.07) is 5.33. The highest BCUT2D eigenvalue weighted by molar-refractivity contribution is 5.82. The number of aromatic hydroxyl groups is 1. The van der Waals surface area contributed by atoms with Crippen molar-refractivity contribution < 1.29 is 14.6 Å². The van der Waals surface area contributed by atoms with E-state index in [1.807, 2.05) is 12.1 Å². The van der Waals surface area contributed by atoms with Crippen LogP contribution in [0, 0.1) is 5.41 Å². The highest BCUT2D eigenvalue weighted by Crippen LogP contribution is 2.74. The molecule has 3 aliphatic rings. The van der Waals surface area contributed by atoms with Crippen molar-refractivity contribution in [3.05, 3.63) is 23.8 Å². The lowest BCUT2D eigenvalue weighted by atomic mass is 9.33. The molecule has 3 saturated carbocycles. The molecule has 17 heavy (non-hydrogen) atoms. The number of rotatable bonds is 2. The number of phenolic OH excluding ortho intramolecular Hbond substituents is 1. The summed E-state index contributed by atoms with van der Waals surface area (Å²) in [5.41, 5.74) is 7.08. The van der Waals surface area contributed by atoms with Gasteiger partial charge in [0, 0.05) is 0 Å². The molecule has 0 atom stereocenters. The Bertz CT molecular complexity index is 490. The largest absolute Gasteiger partial charge is 0.506 e. The zero-order valence-electron chi connectivity index (χ0n) is 9.69. The second-order valence-electron chi connectivity index (χ2n) is 5.36. The molecular formula is C13H15NO3. The van der Waals surface area contributed by atoms with Crippen molar-refractivity contribution >= 4 is 11.7 Å². The van der Waals surface area contributed by atoms with Gasteiger partial charge in [-0.15, -0.1) is 0 Å². The normalized spacial score (nSPS) is 33.5. The number of carbonyl (C=O) groups is 1. The number of methoxy groups -OCH3 is 1. The van der Waals surface area contributed by atoms with E-state index in [1.54, 1.807) is 6.07 Å². The minimum absolute atomic E-state index is 0.0916. The van der Waals surface area contributed by atoms with Crippen LogP contribution in [0.3, 0.4) is 0 Å². The van der Waals surface area contributed by atoms with Crippen molar-refractivity contribution in [2.24, 2.45) is 5.41 Å². The number of nitrogen functional groups attached to an aromatic ring is 1. The molecule has 4 heteroatoms. The Morgan fingerprint density at radius 2 is 2.06 bits per heavy atom. The van der Waals surface area contributed by atoms with E-state index in [0.29, 0.717) is 5.69 Å². The highest BCUT2D eigenvalue weighted by Gasteiger charge is 2.72. The Labute approximate surface area is 99.4 Å². The van der Waals surface area contributed by atoms with Crippen LogP contribution in [-0.2, 0) is 14.9 Å². The van der Waals surface area contributed by atoms with E-state index >= 15 is 0 Å². The summed E-state index contributed by atoms with van der Waals surface area (Å²) in [7, 11) is 1.44. The number of carbonyl (C=O) groups excluding carboxylic acids is 1. The van der Waals surface area contributed by atoms with Crippen LogP contribution in [0.25, 0.3) is 0 Å². The number of ether oxygens (including phenoxy) is 1. The van der Waals surface area contributed by atoms with Gasteiger partial charge in [0.25, 0.3) is 0 Å². The van der Waals surface area contributed by atoms with Crippen molar-refractivity contribution in [1.29, 1.82) is 0 Å². The van der Waals surface area contributed by atoms with Gasteiger partial charge in [-0.1, -0.05) is 6.07 Å². The molecule has 4 nitrogen and oxygen atoms in total. The zero-order valence-corrected chi connectivity index (χ0v) is 9.69. The summed E-state index contributed by atoms with van der Waals surface area (Å²) < 4.78 is 4.82. The van der Waals surface area contributed by atoms with Crippen LogP contribution in [0.1, 0.15) is 24.8 Å². The van der Waals surface area contributed by atoms with E-state index in [9.17, 15) is 9.90 Å². The number of nitrogens with two attached hydrogens (primary N) is 1. The summed E-state index contributed by atoms with van der Waals surface area (Å²) in [6.07, 6.45) is 2.53. The van der Waals surface area contributed by atoms with E-state index in [0.717, 1.165) is 24.8 Å². The summed E-state index contributed by atoms with van der Waals surface area (Å²) in [6.45, 7) is 0. The minimum Gasteiger partial charge on any atom is -0.506 e. The van der Waals surface area contributed by atoms with Crippen molar-refractivity contribution in [2.75, 3.05) is 12.8 Å². The number of esters is 1. The van der Waals surface area contributed by atoms with Gasteiger partial charge in [-0.2, -0.15) is 0 Å². The van der Waals surface area contributed by atoms with E-state index < -0.39 is 0 Å². The third-order valence-corrected chi connectivity index (χ3v) is 4.29. The molecule has 3 aliphatic carbocycles. The van der Waals surface area contributed by atoms with Crippen LogP contribution < -0.4 is 5.73 Å². The molecule has 0 amide bonds. The summed E-state index contributed by atoms with van der Waals surface area (Å²) in [5.74, 6) is 0.0224. The Morgan fingerprint density at radius 3 is 2.59 bits per heavy atom. The van der Waals surface area contributed by atoms with Crippen LogP contribution >= 0.6 is 0 Å². The number of phenols is 1. The number of hydrogen-bond acceptors (Lipinski definition) is 4. The lowest BCUT2D eigenvalue weighted by Gasteiger charge is -2.68. The van der Waals surface area contributed by atoms with Crippen molar-refractivity contribution in [2.45, 2.75) is 24.7 Å². The van der Waals surface area contributed by atoms with Gasteiger partial charge < -0.3 is 15.6 Å². The number of benzene rings is 1. The molecule has 0 spiro atoms. The maximum atomic E-state index is 11.6. The number of anilines is 1. The highest BCUT2D eigenvalue weighted by atomic mass is 16.5. The second-order valence-corrected chi connectivity index (χ2v) is 5.36. The third-order valence-electron chi connectivity index (χ3n) is 4.29. The van der Waals surface area contributed by atoms with Gasteiger partial charge in [-0.05, 0) is 42.4 Å². The van der Waals surface area contributed by atoms with Gasteiger partial charge in [0.2, 0.25) is 0 Å².